The van der Waals surface area contributed by atoms with E-state index in [1.807, 2.05) is 18.3 Å². The predicted molar refractivity (Wildman–Crippen MR) is 131 cm³/mol. The Morgan fingerprint density at radius 3 is 2.81 bits per heavy atom. The maximum absolute atomic E-state index is 12.7. The van der Waals surface area contributed by atoms with Gasteiger partial charge in [0.2, 0.25) is 0 Å². The van der Waals surface area contributed by atoms with Gasteiger partial charge in [-0.05, 0) is 59.4 Å². The van der Waals surface area contributed by atoms with Crippen molar-refractivity contribution in [1.82, 2.24) is 4.98 Å². The number of ketones is 1. The Morgan fingerprint density at radius 1 is 1.19 bits per heavy atom. The first-order valence-corrected chi connectivity index (χ1v) is 12.6. The molecule has 0 bridgehead atoms. The Kier molecular flexibility index (Phi) is 5.28. The van der Waals surface area contributed by atoms with E-state index in [-0.39, 0.29) is 54.1 Å². The van der Waals surface area contributed by atoms with Crippen LogP contribution in [0.4, 0.5) is 0 Å². The third kappa shape index (κ3) is 3.55. The van der Waals surface area contributed by atoms with Crippen LogP contribution < -0.4 is 0 Å². The average molecular weight is 488 g/mol. The van der Waals surface area contributed by atoms with E-state index in [0.717, 1.165) is 34.8 Å². The van der Waals surface area contributed by atoms with E-state index in [0.29, 0.717) is 17.8 Å². The summed E-state index contributed by atoms with van der Waals surface area (Å²) in [5.74, 6) is -1.64. The Hall–Kier alpha value is -3.48. The highest BCUT2D eigenvalue weighted by molar-refractivity contribution is 6.01. The topological polar surface area (TPSA) is 103 Å². The summed E-state index contributed by atoms with van der Waals surface area (Å²) in [5.41, 5.74) is 2.54. The third-order valence-corrected chi connectivity index (χ3v) is 8.85. The number of carbonyl (C=O) groups excluding carboxylic acids is 2. The van der Waals surface area contributed by atoms with Crippen LogP contribution in [0.5, 0.6) is 0 Å². The molecule has 1 N–H and O–H groups in total. The number of carboxylic acid groups (broad SMARTS) is 1. The molecule has 0 amide bonds. The second-order valence-electron chi connectivity index (χ2n) is 10.9. The zero-order chi connectivity index (χ0) is 25.2. The van der Waals surface area contributed by atoms with E-state index >= 15 is 0 Å². The lowest BCUT2D eigenvalue weighted by atomic mass is 9.61. The molecule has 0 spiro atoms. The maximum atomic E-state index is 12.7. The van der Waals surface area contributed by atoms with E-state index in [4.69, 9.17) is 9.47 Å². The van der Waals surface area contributed by atoms with E-state index < -0.39 is 11.9 Å². The minimum Gasteiger partial charge on any atom is -0.489 e. The highest BCUT2D eigenvalue weighted by atomic mass is 16.5. The Labute approximate surface area is 209 Å². The van der Waals surface area contributed by atoms with Crippen LogP contribution in [0.3, 0.4) is 0 Å². The summed E-state index contributed by atoms with van der Waals surface area (Å²) < 4.78 is 12.4. The smallest absolute Gasteiger partial charge is 0.307 e. The number of hydrogen-bond donors (Lipinski definition) is 1. The van der Waals surface area contributed by atoms with Crippen LogP contribution >= 0.6 is 0 Å². The fraction of sp³-hybridized carbons (Fsp3) is 0.448. The van der Waals surface area contributed by atoms with Crippen LogP contribution in [0.2, 0.25) is 0 Å². The molecule has 3 aliphatic carbocycles. The quantitative estimate of drug-likeness (QED) is 0.625. The van der Waals surface area contributed by atoms with E-state index in [1.54, 1.807) is 6.20 Å². The number of Topliss-reactive ketones (excluding diaryl/α,β-unsaturated/α-hetero) is 1. The van der Waals surface area contributed by atoms with Gasteiger partial charge < -0.3 is 14.6 Å². The summed E-state index contributed by atoms with van der Waals surface area (Å²) >= 11 is 0. The molecule has 2 fully saturated rings. The Balaban J connectivity index is 1.38. The fourth-order valence-corrected chi connectivity index (χ4v) is 7.15. The Morgan fingerprint density at radius 2 is 2.03 bits per heavy atom. The van der Waals surface area contributed by atoms with Gasteiger partial charge in [-0.2, -0.15) is 0 Å². The second kappa shape index (κ2) is 8.29. The van der Waals surface area contributed by atoms with E-state index in [9.17, 15) is 19.5 Å². The highest BCUT2D eigenvalue weighted by Gasteiger charge is 2.60. The Bertz CT molecular complexity index is 1360. The molecule has 2 saturated carbocycles. The number of aromatic nitrogens is 1. The number of allylic oxidation sites excluding steroid dienone is 3. The SMILES string of the molecule is CC(=O)OC1C[C@H]2[C@@H]3OC4=C(C=C3CC[C@]2(C)[C@H]1c1ccc2ccncc2c1)C(=O)CC(C(=O)O)C4. The molecule has 0 radical (unpaired) electrons. The highest BCUT2D eigenvalue weighted by Crippen LogP contribution is 2.62. The number of nitrogens with zero attached hydrogens (tertiary/aromatic N) is 1. The standard InChI is InChI=1S/C29H29NO6/c1-15(31)35-25-13-22-27-18(10-21-23(32)11-19(28(33)34)12-24(21)36-27)5-7-29(22,2)26(25)17-4-3-16-6-8-30-14-20(16)9-17/h3-4,6,8-10,14,19,22,25-27H,5,7,11-13H2,1-2H3,(H,33,34)/t19?,22-,25?,26-,27+,29-/m0/s1. The normalized spacial score (nSPS) is 33.2. The zero-order valence-corrected chi connectivity index (χ0v) is 20.4. The van der Waals surface area contributed by atoms with Gasteiger partial charge in [-0.1, -0.05) is 19.1 Å². The molecule has 7 heteroatoms. The van der Waals surface area contributed by atoms with Crippen molar-refractivity contribution in [3.8, 4) is 0 Å². The average Bonchev–Trinajstić information content (AvgIpc) is 3.14. The molecule has 186 valence electrons. The summed E-state index contributed by atoms with van der Waals surface area (Å²) in [5, 5.41) is 11.7. The lowest BCUT2D eigenvalue weighted by Gasteiger charge is -2.48. The van der Waals surface area contributed by atoms with Crippen LogP contribution in [-0.4, -0.2) is 40.0 Å². The first-order valence-electron chi connectivity index (χ1n) is 12.6. The third-order valence-electron chi connectivity index (χ3n) is 8.85. The lowest BCUT2D eigenvalue weighted by Crippen LogP contribution is -2.44. The molecular weight excluding hydrogens is 458 g/mol. The molecule has 7 nitrogen and oxygen atoms in total. The van der Waals surface area contributed by atoms with Gasteiger partial charge in [0.15, 0.2) is 5.78 Å². The molecule has 1 aliphatic heterocycles. The minimum absolute atomic E-state index is 0.0144. The van der Waals surface area contributed by atoms with Gasteiger partial charge in [0.25, 0.3) is 0 Å². The van der Waals surface area contributed by atoms with Gasteiger partial charge in [-0.3, -0.25) is 19.4 Å². The molecule has 1 aromatic heterocycles. The van der Waals surface area contributed by atoms with Gasteiger partial charge in [-0.15, -0.1) is 0 Å². The number of hydrogen-bond acceptors (Lipinski definition) is 6. The summed E-state index contributed by atoms with van der Waals surface area (Å²) in [6.07, 6.45) is 7.58. The first kappa shape index (κ1) is 23.0. The molecule has 4 aliphatic rings. The second-order valence-corrected chi connectivity index (χ2v) is 10.9. The van der Waals surface area contributed by atoms with Crippen molar-refractivity contribution in [2.24, 2.45) is 17.3 Å². The molecule has 6 atom stereocenters. The maximum Gasteiger partial charge on any atom is 0.307 e. The number of pyridine rings is 1. The number of benzene rings is 1. The molecule has 36 heavy (non-hydrogen) atoms. The summed E-state index contributed by atoms with van der Waals surface area (Å²) in [6, 6.07) is 8.36. The molecule has 6 rings (SSSR count). The van der Waals surface area contributed by atoms with E-state index in [2.05, 4.69) is 30.1 Å². The fourth-order valence-electron chi connectivity index (χ4n) is 7.15. The number of rotatable bonds is 3. The number of fused-ring (bicyclic) bond motifs is 4. The first-order chi connectivity index (χ1) is 17.2. The van der Waals surface area contributed by atoms with Crippen LogP contribution in [0.15, 0.2) is 59.6 Å². The van der Waals surface area contributed by atoms with E-state index in [1.165, 1.54) is 6.92 Å². The zero-order valence-electron chi connectivity index (χ0n) is 20.4. The number of esters is 1. The van der Waals surface area contributed by atoms with Gasteiger partial charge in [0.1, 0.15) is 18.0 Å². The van der Waals surface area contributed by atoms with Crippen molar-refractivity contribution in [1.29, 1.82) is 0 Å². The van der Waals surface area contributed by atoms with Crippen molar-refractivity contribution in [3.05, 3.63) is 65.2 Å². The van der Waals surface area contributed by atoms with Crippen molar-refractivity contribution in [3.63, 3.8) is 0 Å². The van der Waals surface area contributed by atoms with Crippen molar-refractivity contribution in [2.45, 2.75) is 64.1 Å². The predicted octanol–water partition coefficient (Wildman–Crippen LogP) is 4.71. The lowest BCUT2D eigenvalue weighted by molar-refractivity contribution is -0.147. The van der Waals surface area contributed by atoms with Crippen LogP contribution in [0.1, 0.15) is 57.4 Å². The molecule has 2 unspecified atom stereocenters. The molecular formula is C29H29NO6. The monoisotopic (exact) mass is 487 g/mol. The molecule has 2 heterocycles. The summed E-state index contributed by atoms with van der Waals surface area (Å²) in [4.78, 5) is 40.8. The van der Waals surface area contributed by atoms with Gasteiger partial charge in [0.05, 0.1) is 11.5 Å². The van der Waals surface area contributed by atoms with Crippen molar-refractivity contribution < 1.29 is 29.0 Å². The molecule has 2 aromatic rings. The number of aliphatic carboxylic acids is 1. The summed E-state index contributed by atoms with van der Waals surface area (Å²) in [6.45, 7) is 3.71. The van der Waals surface area contributed by atoms with Crippen LogP contribution in [0.25, 0.3) is 10.8 Å². The van der Waals surface area contributed by atoms with Crippen molar-refractivity contribution in [2.75, 3.05) is 0 Å². The van der Waals surface area contributed by atoms with Crippen molar-refractivity contribution >= 4 is 28.5 Å². The minimum atomic E-state index is -0.969. The van der Waals surface area contributed by atoms with Gasteiger partial charge >= 0.3 is 11.9 Å². The van der Waals surface area contributed by atoms with Gasteiger partial charge in [-0.25, -0.2) is 0 Å². The number of ether oxygens (including phenoxy) is 2. The van der Waals surface area contributed by atoms with Gasteiger partial charge in [0, 0.05) is 49.4 Å². The van der Waals surface area contributed by atoms with Crippen LogP contribution in [0, 0.1) is 17.3 Å². The number of carboxylic acids is 1. The molecule has 0 saturated heterocycles. The summed E-state index contributed by atoms with van der Waals surface area (Å²) in [7, 11) is 0. The largest absolute Gasteiger partial charge is 0.489 e. The number of carbonyl (C=O) groups is 3. The van der Waals surface area contributed by atoms with Crippen LogP contribution in [-0.2, 0) is 23.9 Å². The molecule has 1 aromatic carbocycles.